The Kier molecular flexibility index (Phi) is 9.78. The second kappa shape index (κ2) is 12.8. The summed E-state index contributed by atoms with van der Waals surface area (Å²) in [7, 11) is 3.95. The Bertz CT molecular complexity index is 1250. The summed E-state index contributed by atoms with van der Waals surface area (Å²) in [5, 5.41) is 13.1. The summed E-state index contributed by atoms with van der Waals surface area (Å²) in [6, 6.07) is 11.3. The van der Waals surface area contributed by atoms with Crippen molar-refractivity contribution in [3.05, 3.63) is 87.6 Å². The molecule has 2 heterocycles. The molecule has 0 unspecified atom stereocenters. The minimum absolute atomic E-state index is 0.0414. The maximum absolute atomic E-state index is 13.0. The Morgan fingerprint density at radius 2 is 1.81 bits per heavy atom. The number of benzene rings is 1. The normalized spacial score (nSPS) is 13.2. The zero-order chi connectivity index (χ0) is 27.1. The van der Waals surface area contributed by atoms with E-state index in [4.69, 9.17) is 0 Å². The van der Waals surface area contributed by atoms with Crippen molar-refractivity contribution < 1.29 is 9.90 Å². The average molecular weight is 505 g/mol. The number of nitrogens with zero attached hydrogens (tertiary/aromatic N) is 3. The van der Waals surface area contributed by atoms with Crippen molar-refractivity contribution in [2.24, 2.45) is 5.92 Å². The third-order valence-corrected chi connectivity index (χ3v) is 6.56. The van der Waals surface area contributed by atoms with Gasteiger partial charge in [0.15, 0.2) is 0 Å². The number of nitrogens with one attached hydrogen (secondary N) is 1. The molecule has 0 aliphatic heterocycles. The van der Waals surface area contributed by atoms with Crippen molar-refractivity contribution in [1.82, 2.24) is 19.8 Å². The quantitative estimate of drug-likeness (QED) is 0.362. The maximum atomic E-state index is 13.0. The van der Waals surface area contributed by atoms with Crippen molar-refractivity contribution >= 4 is 5.97 Å². The molecule has 3 rings (SSSR count). The molecule has 2 N–H and O–H groups in total. The van der Waals surface area contributed by atoms with Crippen LogP contribution in [0.5, 0.6) is 0 Å². The number of aliphatic carboxylic acids is 1. The first-order chi connectivity index (χ1) is 17.5. The molecule has 3 aromatic rings. The predicted molar refractivity (Wildman–Crippen MR) is 149 cm³/mol. The first kappa shape index (κ1) is 28.3. The van der Waals surface area contributed by atoms with Crippen LogP contribution in [-0.2, 0) is 11.3 Å². The molecule has 37 heavy (non-hydrogen) atoms. The second-order valence-corrected chi connectivity index (χ2v) is 10.6. The van der Waals surface area contributed by atoms with Gasteiger partial charge in [-0.25, -0.2) is 0 Å². The molecule has 0 saturated carbocycles. The lowest BCUT2D eigenvalue weighted by molar-refractivity contribution is -0.137. The van der Waals surface area contributed by atoms with Gasteiger partial charge in [0.1, 0.15) is 0 Å². The molecule has 7 heteroatoms. The lowest BCUT2D eigenvalue weighted by atomic mass is 9.94. The van der Waals surface area contributed by atoms with Gasteiger partial charge in [0, 0.05) is 55.4 Å². The standard InChI is InChI=1S/C30H40N4O3/c1-20(2)12-26(34-11-10-23(13-28(34)35)19-33(5)6)18-32-27(15-29(36)37)24-14-25(17-31-16-24)30-21(3)8-7-9-22(30)4/h7-11,13-14,16-17,20,26-27,32H,12,15,18-19H2,1-6H3,(H,36,37)/t26-,27-/m0/s1. The molecule has 0 aliphatic carbocycles. The molecular weight excluding hydrogens is 464 g/mol. The minimum atomic E-state index is -0.888. The van der Waals surface area contributed by atoms with E-state index < -0.39 is 12.0 Å². The summed E-state index contributed by atoms with van der Waals surface area (Å²) in [6.45, 7) is 9.57. The fourth-order valence-electron chi connectivity index (χ4n) is 4.95. The van der Waals surface area contributed by atoms with Crippen LogP contribution in [0, 0.1) is 19.8 Å². The van der Waals surface area contributed by atoms with Gasteiger partial charge in [-0.05, 0) is 80.2 Å². The van der Waals surface area contributed by atoms with Crippen molar-refractivity contribution in [3.63, 3.8) is 0 Å². The van der Waals surface area contributed by atoms with Crippen LogP contribution in [0.25, 0.3) is 11.1 Å². The number of hydrogen-bond acceptors (Lipinski definition) is 5. The first-order valence-electron chi connectivity index (χ1n) is 12.9. The van der Waals surface area contributed by atoms with Crippen molar-refractivity contribution in [2.45, 2.75) is 59.2 Å². The van der Waals surface area contributed by atoms with E-state index in [0.29, 0.717) is 19.0 Å². The van der Waals surface area contributed by atoms with Gasteiger partial charge in [-0.2, -0.15) is 0 Å². The Labute approximate surface area is 220 Å². The Hall–Kier alpha value is -3.29. The number of rotatable bonds is 12. The van der Waals surface area contributed by atoms with Gasteiger partial charge in [0.05, 0.1) is 6.42 Å². The van der Waals surface area contributed by atoms with Crippen LogP contribution >= 0.6 is 0 Å². The summed E-state index contributed by atoms with van der Waals surface area (Å²) < 4.78 is 1.77. The largest absolute Gasteiger partial charge is 0.481 e. The van der Waals surface area contributed by atoms with Crippen LogP contribution in [0.4, 0.5) is 0 Å². The summed E-state index contributed by atoms with van der Waals surface area (Å²) >= 11 is 0. The highest BCUT2D eigenvalue weighted by atomic mass is 16.4. The Morgan fingerprint density at radius 1 is 1.11 bits per heavy atom. The number of aryl methyl sites for hydroxylation is 2. The first-order valence-corrected chi connectivity index (χ1v) is 12.9. The topological polar surface area (TPSA) is 87.5 Å². The predicted octanol–water partition coefficient (Wildman–Crippen LogP) is 4.98. The van der Waals surface area contributed by atoms with Gasteiger partial charge in [0.2, 0.25) is 0 Å². The van der Waals surface area contributed by atoms with Gasteiger partial charge in [-0.15, -0.1) is 0 Å². The van der Waals surface area contributed by atoms with Crippen LogP contribution < -0.4 is 10.9 Å². The van der Waals surface area contributed by atoms with Crippen molar-refractivity contribution in [1.29, 1.82) is 0 Å². The van der Waals surface area contributed by atoms with Gasteiger partial charge in [-0.3, -0.25) is 14.6 Å². The Balaban J connectivity index is 1.89. The van der Waals surface area contributed by atoms with E-state index in [1.54, 1.807) is 16.8 Å². The smallest absolute Gasteiger partial charge is 0.305 e. The number of pyridine rings is 2. The number of carboxylic acids is 1. The molecule has 0 bridgehead atoms. The molecule has 2 atom stereocenters. The number of carboxylic acid groups (broad SMARTS) is 1. The molecule has 0 radical (unpaired) electrons. The van der Waals surface area contributed by atoms with E-state index in [0.717, 1.165) is 39.8 Å². The van der Waals surface area contributed by atoms with E-state index >= 15 is 0 Å². The average Bonchev–Trinajstić information content (AvgIpc) is 2.80. The SMILES string of the molecule is Cc1cccc(C)c1-c1cncc([C@H](CC(=O)O)NC[C@H](CC(C)C)n2ccc(CN(C)C)cc2=O)c1. The summed E-state index contributed by atoms with van der Waals surface area (Å²) in [4.78, 5) is 31.3. The summed E-state index contributed by atoms with van der Waals surface area (Å²) in [5.74, 6) is -0.521. The number of hydrogen-bond donors (Lipinski definition) is 2. The molecule has 0 aliphatic rings. The molecular formula is C30H40N4O3. The van der Waals surface area contributed by atoms with Gasteiger partial charge in [0.25, 0.3) is 5.56 Å². The van der Waals surface area contributed by atoms with Crippen LogP contribution in [0.15, 0.2) is 59.8 Å². The fraction of sp³-hybridized carbons (Fsp3) is 0.433. The van der Waals surface area contributed by atoms with Crippen LogP contribution in [0.1, 0.15) is 61.0 Å². The second-order valence-electron chi connectivity index (χ2n) is 10.6. The molecule has 0 amide bonds. The highest BCUT2D eigenvalue weighted by molar-refractivity contribution is 5.71. The molecule has 1 aromatic carbocycles. The van der Waals surface area contributed by atoms with Gasteiger partial charge < -0.3 is 19.9 Å². The summed E-state index contributed by atoms with van der Waals surface area (Å²) in [6.07, 6.45) is 6.14. The van der Waals surface area contributed by atoms with E-state index in [2.05, 4.69) is 50.1 Å². The molecule has 2 aromatic heterocycles. The molecule has 198 valence electrons. The molecule has 0 fully saturated rings. The lowest BCUT2D eigenvalue weighted by Gasteiger charge is -2.26. The minimum Gasteiger partial charge on any atom is -0.481 e. The molecule has 0 spiro atoms. The Morgan fingerprint density at radius 3 is 2.41 bits per heavy atom. The van der Waals surface area contributed by atoms with Gasteiger partial charge >= 0.3 is 5.97 Å². The van der Waals surface area contributed by atoms with E-state index in [-0.39, 0.29) is 18.0 Å². The number of aromatic nitrogens is 2. The highest BCUT2D eigenvalue weighted by Crippen LogP contribution is 2.29. The molecule has 7 nitrogen and oxygen atoms in total. The lowest BCUT2D eigenvalue weighted by Crippen LogP contribution is -2.35. The highest BCUT2D eigenvalue weighted by Gasteiger charge is 2.21. The third-order valence-electron chi connectivity index (χ3n) is 6.56. The summed E-state index contributed by atoms with van der Waals surface area (Å²) in [5.41, 5.74) is 6.14. The molecule has 0 saturated heterocycles. The zero-order valence-electron chi connectivity index (χ0n) is 22.9. The van der Waals surface area contributed by atoms with Crippen LogP contribution in [0.2, 0.25) is 0 Å². The maximum Gasteiger partial charge on any atom is 0.305 e. The van der Waals surface area contributed by atoms with Gasteiger partial charge in [-0.1, -0.05) is 32.0 Å². The van der Waals surface area contributed by atoms with Crippen LogP contribution in [0.3, 0.4) is 0 Å². The van der Waals surface area contributed by atoms with E-state index in [1.165, 1.54) is 0 Å². The fourth-order valence-corrected chi connectivity index (χ4v) is 4.95. The van der Waals surface area contributed by atoms with Crippen molar-refractivity contribution in [2.75, 3.05) is 20.6 Å². The van der Waals surface area contributed by atoms with E-state index in [9.17, 15) is 14.7 Å². The van der Waals surface area contributed by atoms with Crippen molar-refractivity contribution in [3.8, 4) is 11.1 Å². The third kappa shape index (κ3) is 7.84. The number of carbonyl (C=O) groups is 1. The van der Waals surface area contributed by atoms with Crippen LogP contribution in [-0.4, -0.2) is 46.2 Å². The van der Waals surface area contributed by atoms with E-state index in [1.807, 2.05) is 49.6 Å². The zero-order valence-corrected chi connectivity index (χ0v) is 22.9. The monoisotopic (exact) mass is 504 g/mol.